The maximum absolute atomic E-state index is 15.6. The average molecular weight is 644 g/mol. The molecule has 3 aromatic heterocycles. The molecule has 2 fully saturated rings. The second-order valence-corrected chi connectivity index (χ2v) is 17.9. The SMILES string of the molecule is Cc1nn(COCCS(C)(C)C)c(C)c1-c1ccc(NC(=O)C(NC(=O)c2ccnn2[C@@H](C)CO)C(C2CC2)C2CC2)nc1F. The normalized spacial score (nSPS) is 16.9. The van der Waals surface area contributed by atoms with Crippen LogP contribution in [0, 0.1) is 37.5 Å². The Morgan fingerprint density at radius 1 is 1.13 bits per heavy atom. The molecular weight excluding hydrogens is 597 g/mol. The predicted octanol–water partition coefficient (Wildman–Crippen LogP) is 4.29. The second-order valence-electron chi connectivity index (χ2n) is 13.3. The first-order chi connectivity index (χ1) is 21.4. The Bertz CT molecular complexity index is 1510. The number of aliphatic hydroxyl groups is 1. The highest BCUT2D eigenvalue weighted by Crippen LogP contribution is 2.51. The number of anilines is 1. The molecule has 2 atom stereocenters. The van der Waals surface area contributed by atoms with E-state index in [2.05, 4.69) is 44.6 Å². The summed E-state index contributed by atoms with van der Waals surface area (Å²) < 4.78 is 24.6. The average Bonchev–Trinajstić information content (AvgIpc) is 3.92. The monoisotopic (exact) mass is 643 g/mol. The highest BCUT2D eigenvalue weighted by Gasteiger charge is 2.48. The number of halogens is 1. The summed E-state index contributed by atoms with van der Waals surface area (Å²) >= 11 is 0. The number of ether oxygens (including phenoxy) is 1. The Morgan fingerprint density at radius 2 is 1.82 bits per heavy atom. The van der Waals surface area contributed by atoms with Crippen molar-refractivity contribution < 1.29 is 23.8 Å². The van der Waals surface area contributed by atoms with Crippen molar-refractivity contribution in [2.45, 2.75) is 65.3 Å². The summed E-state index contributed by atoms with van der Waals surface area (Å²) in [5.74, 6) is 0.145. The molecule has 0 bridgehead atoms. The lowest BCUT2D eigenvalue weighted by Crippen LogP contribution is -2.50. The minimum atomic E-state index is -0.822. The number of rotatable bonds is 15. The van der Waals surface area contributed by atoms with Gasteiger partial charge in [0.25, 0.3) is 5.91 Å². The van der Waals surface area contributed by atoms with Crippen LogP contribution in [-0.2, 0) is 16.3 Å². The summed E-state index contributed by atoms with van der Waals surface area (Å²) in [6.45, 7) is 6.18. The van der Waals surface area contributed by atoms with E-state index in [0.29, 0.717) is 35.3 Å². The zero-order valence-electron chi connectivity index (χ0n) is 27.0. The topological polar surface area (TPSA) is 136 Å². The van der Waals surface area contributed by atoms with Gasteiger partial charge in [-0.2, -0.15) is 14.6 Å². The molecule has 0 aliphatic heterocycles. The standard InChI is InChI=1S/C32H46FN7O4S/c1-19(17-41)40-25(13-14-34-40)31(42)37-29(28(22-7-8-22)23-9-10-23)32(43)36-26-12-11-24(30(33)35-26)27-20(2)38-39(21(27)3)18-44-15-16-45(4,5)6/h11-14,19,22-23,28-29,41H,7-10,15-18H2,1-6H3,(H,37,42)(H,35,36,43)/t19-,29?/m0/s1. The number of aliphatic hydroxyl groups excluding tert-OH is 1. The van der Waals surface area contributed by atoms with Crippen molar-refractivity contribution in [1.82, 2.24) is 29.9 Å². The molecule has 0 saturated heterocycles. The maximum Gasteiger partial charge on any atom is 0.270 e. The number of hydrogen-bond donors (Lipinski definition) is 3. The lowest BCUT2D eigenvalue weighted by atomic mass is 9.88. The fourth-order valence-electron chi connectivity index (χ4n) is 5.93. The van der Waals surface area contributed by atoms with Gasteiger partial charge in [0.05, 0.1) is 24.9 Å². The molecular formula is C32H46FN7O4S. The molecule has 0 spiro atoms. The minimum absolute atomic E-state index is 0.0205. The van der Waals surface area contributed by atoms with Gasteiger partial charge in [0.15, 0.2) is 0 Å². The van der Waals surface area contributed by atoms with Crippen LogP contribution in [0.5, 0.6) is 0 Å². The molecule has 45 heavy (non-hydrogen) atoms. The third-order valence-corrected chi connectivity index (χ3v) is 10.1. The van der Waals surface area contributed by atoms with E-state index in [1.807, 2.05) is 13.8 Å². The number of carbonyl (C=O) groups is 2. The molecule has 3 aromatic rings. The first kappa shape index (κ1) is 33.1. The van der Waals surface area contributed by atoms with E-state index < -0.39 is 39.9 Å². The fourth-order valence-corrected chi connectivity index (χ4v) is 6.55. The number of aryl methyl sites for hydroxylation is 1. The predicted molar refractivity (Wildman–Crippen MR) is 174 cm³/mol. The highest BCUT2D eigenvalue weighted by atomic mass is 32.3. The van der Waals surface area contributed by atoms with Crippen molar-refractivity contribution >= 4 is 27.7 Å². The van der Waals surface area contributed by atoms with Crippen molar-refractivity contribution in [3.8, 4) is 11.1 Å². The van der Waals surface area contributed by atoms with Crippen molar-refractivity contribution in [2.24, 2.45) is 17.8 Å². The smallest absolute Gasteiger partial charge is 0.270 e. The summed E-state index contributed by atoms with van der Waals surface area (Å²) in [6.07, 6.45) is 12.3. The molecule has 2 aliphatic carbocycles. The van der Waals surface area contributed by atoms with Crippen LogP contribution in [0.4, 0.5) is 10.2 Å². The molecule has 11 nitrogen and oxygen atoms in total. The highest BCUT2D eigenvalue weighted by molar-refractivity contribution is 8.32. The van der Waals surface area contributed by atoms with Crippen molar-refractivity contribution in [3.05, 3.63) is 47.4 Å². The van der Waals surface area contributed by atoms with Gasteiger partial charge in [-0.25, -0.2) is 19.7 Å². The molecule has 2 amide bonds. The Hall–Kier alpha value is -3.29. The minimum Gasteiger partial charge on any atom is -0.394 e. The number of hydrogen-bond acceptors (Lipinski definition) is 7. The quantitative estimate of drug-likeness (QED) is 0.166. The van der Waals surface area contributed by atoms with Crippen LogP contribution in [0.3, 0.4) is 0 Å². The van der Waals surface area contributed by atoms with Crippen LogP contribution >= 0.6 is 10.0 Å². The molecule has 2 saturated carbocycles. The molecule has 3 N–H and O–H groups in total. The van der Waals surface area contributed by atoms with E-state index in [-0.39, 0.29) is 30.8 Å². The van der Waals surface area contributed by atoms with Crippen LogP contribution in [0.2, 0.25) is 0 Å². The van der Waals surface area contributed by atoms with E-state index in [0.717, 1.165) is 37.1 Å². The number of nitrogens with one attached hydrogen (secondary N) is 2. The zero-order chi connectivity index (χ0) is 32.5. The number of carbonyl (C=O) groups excluding carboxylic acids is 2. The Labute approximate surface area is 265 Å². The zero-order valence-corrected chi connectivity index (χ0v) is 27.9. The molecule has 5 rings (SSSR count). The number of pyridine rings is 1. The first-order valence-corrected chi connectivity index (χ1v) is 18.6. The van der Waals surface area contributed by atoms with Gasteiger partial charge in [-0.3, -0.25) is 14.3 Å². The van der Waals surface area contributed by atoms with Gasteiger partial charge in [-0.1, -0.05) is 0 Å². The van der Waals surface area contributed by atoms with Gasteiger partial charge in [0.2, 0.25) is 11.9 Å². The Morgan fingerprint density at radius 3 is 2.42 bits per heavy atom. The van der Waals surface area contributed by atoms with Gasteiger partial charge < -0.3 is 20.5 Å². The van der Waals surface area contributed by atoms with Gasteiger partial charge in [0.1, 0.15) is 24.3 Å². The summed E-state index contributed by atoms with van der Waals surface area (Å²) in [7, 11) is -0.663. The lowest BCUT2D eigenvalue weighted by molar-refractivity contribution is -0.119. The molecule has 3 heterocycles. The van der Waals surface area contributed by atoms with E-state index >= 15 is 4.39 Å². The summed E-state index contributed by atoms with van der Waals surface area (Å²) in [6, 6.07) is 3.53. The third-order valence-electron chi connectivity index (χ3n) is 8.68. The third kappa shape index (κ3) is 7.93. The first-order valence-electron chi connectivity index (χ1n) is 15.6. The van der Waals surface area contributed by atoms with Crippen molar-refractivity contribution in [1.29, 1.82) is 0 Å². The molecule has 2 aliphatic rings. The number of aromatic nitrogens is 5. The molecule has 1 unspecified atom stereocenters. The van der Waals surface area contributed by atoms with Crippen LogP contribution < -0.4 is 10.6 Å². The Balaban J connectivity index is 1.32. The summed E-state index contributed by atoms with van der Waals surface area (Å²) in [4.78, 5) is 31.3. The van der Waals surface area contributed by atoms with E-state index in [9.17, 15) is 14.7 Å². The van der Waals surface area contributed by atoms with Crippen LogP contribution in [0.25, 0.3) is 11.1 Å². The maximum atomic E-state index is 15.6. The summed E-state index contributed by atoms with van der Waals surface area (Å²) in [5.41, 5.74) is 2.62. The second kappa shape index (κ2) is 13.6. The largest absolute Gasteiger partial charge is 0.394 e. The molecule has 0 radical (unpaired) electrons. The lowest BCUT2D eigenvalue weighted by Gasteiger charge is -2.27. The fraction of sp³-hybridized carbons (Fsp3) is 0.594. The van der Waals surface area contributed by atoms with E-state index in [1.54, 1.807) is 29.8 Å². The van der Waals surface area contributed by atoms with Crippen LogP contribution in [-0.4, -0.2) is 85.2 Å². The van der Waals surface area contributed by atoms with Gasteiger partial charge >= 0.3 is 0 Å². The van der Waals surface area contributed by atoms with Crippen LogP contribution in [0.1, 0.15) is 60.5 Å². The molecule has 13 heteroatoms. The molecule has 0 aromatic carbocycles. The van der Waals surface area contributed by atoms with Gasteiger partial charge in [0, 0.05) is 28.8 Å². The van der Waals surface area contributed by atoms with E-state index in [4.69, 9.17) is 4.74 Å². The summed E-state index contributed by atoms with van der Waals surface area (Å²) in [5, 5.41) is 24.1. The van der Waals surface area contributed by atoms with Gasteiger partial charge in [-0.05, 0) is 101 Å². The van der Waals surface area contributed by atoms with Gasteiger partial charge in [-0.15, -0.1) is 0 Å². The molecule has 246 valence electrons. The van der Waals surface area contributed by atoms with Crippen molar-refractivity contribution in [2.75, 3.05) is 43.1 Å². The number of nitrogens with zero attached hydrogens (tertiary/aromatic N) is 5. The Kier molecular flexibility index (Phi) is 10.00. The van der Waals surface area contributed by atoms with Crippen LogP contribution in [0.15, 0.2) is 24.4 Å². The van der Waals surface area contributed by atoms with Crippen molar-refractivity contribution in [3.63, 3.8) is 0 Å². The number of amides is 2. The van der Waals surface area contributed by atoms with E-state index in [1.165, 1.54) is 10.9 Å².